The maximum atomic E-state index is 12.0. The van der Waals surface area contributed by atoms with Gasteiger partial charge in [0.1, 0.15) is 0 Å². The number of rotatable bonds is 39. The number of carbonyl (C=O) groups is 1. The van der Waals surface area contributed by atoms with Crippen molar-refractivity contribution >= 4 is 5.97 Å². The first-order valence-corrected chi connectivity index (χ1v) is 21.4. The van der Waals surface area contributed by atoms with Gasteiger partial charge in [-0.25, -0.2) is 0 Å². The van der Waals surface area contributed by atoms with E-state index in [1.165, 1.54) is 180 Å². The van der Waals surface area contributed by atoms with E-state index in [2.05, 4.69) is 50.3 Å². The molecule has 0 heterocycles. The first-order chi connectivity index (χ1) is 23.3. The van der Waals surface area contributed by atoms with Gasteiger partial charge in [-0.15, -0.1) is 0 Å². The molecule has 0 aliphatic rings. The van der Waals surface area contributed by atoms with Crippen molar-refractivity contribution in [2.45, 2.75) is 239 Å². The number of esters is 1. The molecule has 0 aliphatic carbocycles. The van der Waals surface area contributed by atoms with Gasteiger partial charge in [0.05, 0.1) is 6.61 Å². The molecule has 0 aromatic rings. The van der Waals surface area contributed by atoms with Crippen LogP contribution in [-0.2, 0) is 9.53 Å². The van der Waals surface area contributed by atoms with Gasteiger partial charge >= 0.3 is 5.97 Å². The molecule has 0 N–H and O–H groups in total. The second-order valence-electron chi connectivity index (χ2n) is 14.3. The molecule has 47 heavy (non-hydrogen) atoms. The van der Waals surface area contributed by atoms with Crippen LogP contribution in [0.5, 0.6) is 0 Å². The first-order valence-electron chi connectivity index (χ1n) is 21.4. The van der Waals surface area contributed by atoms with Gasteiger partial charge in [0.15, 0.2) is 0 Å². The summed E-state index contributed by atoms with van der Waals surface area (Å²) in [5.41, 5.74) is 0. The molecular weight excluding hydrogens is 572 g/mol. The molecule has 0 spiro atoms. The van der Waals surface area contributed by atoms with Crippen LogP contribution in [0, 0.1) is 0 Å². The smallest absolute Gasteiger partial charge is 0.305 e. The zero-order valence-corrected chi connectivity index (χ0v) is 32.2. The zero-order chi connectivity index (χ0) is 34.0. The van der Waals surface area contributed by atoms with Crippen LogP contribution in [-0.4, -0.2) is 12.6 Å². The Morgan fingerprint density at radius 1 is 0.383 bits per heavy atom. The third-order valence-corrected chi connectivity index (χ3v) is 9.54. The Morgan fingerprint density at radius 3 is 1.15 bits per heavy atom. The molecule has 2 nitrogen and oxygen atoms in total. The maximum Gasteiger partial charge on any atom is 0.305 e. The minimum absolute atomic E-state index is 0.00974. The Balaban J connectivity index is 3.19. The number of carbonyl (C=O) groups excluding carboxylic acids is 1. The first kappa shape index (κ1) is 45.7. The molecule has 0 saturated heterocycles. The minimum Gasteiger partial charge on any atom is -0.466 e. The average molecular weight is 657 g/mol. The van der Waals surface area contributed by atoms with E-state index in [1.807, 2.05) is 0 Å². The number of ether oxygens (including phenoxy) is 1. The fourth-order valence-corrected chi connectivity index (χ4v) is 6.39. The molecule has 0 aliphatic heterocycles. The van der Waals surface area contributed by atoms with Gasteiger partial charge in [0, 0.05) is 6.42 Å². The molecule has 0 rings (SSSR count). The van der Waals surface area contributed by atoms with E-state index in [9.17, 15) is 4.79 Å². The summed E-state index contributed by atoms with van der Waals surface area (Å²) >= 11 is 0. The average Bonchev–Trinajstić information content (AvgIpc) is 3.08. The molecule has 2 heteroatoms. The summed E-state index contributed by atoms with van der Waals surface area (Å²) in [5.74, 6) is 0.00974. The van der Waals surface area contributed by atoms with Crippen molar-refractivity contribution < 1.29 is 9.53 Å². The van der Waals surface area contributed by atoms with Gasteiger partial charge in [-0.05, 0) is 44.9 Å². The molecule has 0 atom stereocenters. The molecule has 0 saturated carbocycles. The fraction of sp³-hybridized carbons (Fsp3) is 0.844. The van der Waals surface area contributed by atoms with Crippen molar-refractivity contribution in [3.8, 4) is 0 Å². The topological polar surface area (TPSA) is 26.3 Å². The molecule has 0 fully saturated rings. The molecule has 0 aromatic carbocycles. The second-order valence-corrected chi connectivity index (χ2v) is 14.3. The lowest BCUT2D eigenvalue weighted by molar-refractivity contribution is -0.143. The van der Waals surface area contributed by atoms with E-state index in [0.717, 1.165) is 38.5 Å². The summed E-state index contributed by atoms with van der Waals surface area (Å²) in [6.45, 7) is 5.09. The normalized spacial score (nSPS) is 12.0. The van der Waals surface area contributed by atoms with Crippen molar-refractivity contribution in [3.05, 3.63) is 36.5 Å². The highest BCUT2D eigenvalue weighted by atomic mass is 16.5. The van der Waals surface area contributed by atoms with Crippen LogP contribution >= 0.6 is 0 Å². The van der Waals surface area contributed by atoms with Crippen LogP contribution in [0.15, 0.2) is 36.5 Å². The van der Waals surface area contributed by atoms with E-state index < -0.39 is 0 Å². The predicted octanol–water partition coefficient (Wildman–Crippen LogP) is 15.9. The Kier molecular flexibility index (Phi) is 41.5. The Morgan fingerprint density at radius 2 is 0.723 bits per heavy atom. The summed E-state index contributed by atoms with van der Waals surface area (Å²) in [5, 5.41) is 0. The lowest BCUT2D eigenvalue weighted by atomic mass is 10.0. The van der Waals surface area contributed by atoms with Crippen LogP contribution < -0.4 is 0 Å². The molecule has 0 radical (unpaired) electrons. The summed E-state index contributed by atoms with van der Waals surface area (Å²) in [6.07, 6.45) is 59.6. The maximum absolute atomic E-state index is 12.0. The van der Waals surface area contributed by atoms with E-state index in [1.54, 1.807) is 0 Å². The third kappa shape index (κ3) is 42.7. The van der Waals surface area contributed by atoms with Gasteiger partial charge in [-0.2, -0.15) is 0 Å². The predicted molar refractivity (Wildman–Crippen MR) is 211 cm³/mol. The lowest BCUT2D eigenvalue weighted by Gasteiger charge is -2.06. The largest absolute Gasteiger partial charge is 0.466 e. The van der Waals surface area contributed by atoms with E-state index >= 15 is 0 Å². The summed E-state index contributed by atoms with van der Waals surface area (Å²) in [6, 6.07) is 0. The highest BCUT2D eigenvalue weighted by Crippen LogP contribution is 2.16. The molecule has 0 bridgehead atoms. The highest BCUT2D eigenvalue weighted by Gasteiger charge is 2.02. The van der Waals surface area contributed by atoms with Crippen molar-refractivity contribution in [2.24, 2.45) is 0 Å². The highest BCUT2D eigenvalue weighted by molar-refractivity contribution is 5.69. The van der Waals surface area contributed by atoms with Crippen LogP contribution in [0.1, 0.15) is 239 Å². The number of allylic oxidation sites excluding steroid dienone is 6. The number of hydrogen-bond donors (Lipinski definition) is 0. The van der Waals surface area contributed by atoms with Crippen LogP contribution in [0.3, 0.4) is 0 Å². The van der Waals surface area contributed by atoms with Crippen molar-refractivity contribution in [1.29, 1.82) is 0 Å². The van der Waals surface area contributed by atoms with Crippen LogP contribution in [0.25, 0.3) is 0 Å². The van der Waals surface area contributed by atoms with Crippen LogP contribution in [0.4, 0.5) is 0 Å². The Bertz CT molecular complexity index is 675. The monoisotopic (exact) mass is 657 g/mol. The van der Waals surface area contributed by atoms with E-state index in [0.29, 0.717) is 13.0 Å². The summed E-state index contributed by atoms with van der Waals surface area (Å²) in [7, 11) is 0. The van der Waals surface area contributed by atoms with Crippen molar-refractivity contribution in [2.75, 3.05) is 6.61 Å². The quantitative estimate of drug-likeness (QED) is 0.0374. The third-order valence-electron chi connectivity index (χ3n) is 9.54. The van der Waals surface area contributed by atoms with Gasteiger partial charge in [-0.1, -0.05) is 224 Å². The van der Waals surface area contributed by atoms with Crippen molar-refractivity contribution in [1.82, 2.24) is 0 Å². The van der Waals surface area contributed by atoms with Gasteiger partial charge in [0.25, 0.3) is 0 Å². The minimum atomic E-state index is 0.00974. The second kappa shape index (κ2) is 42.7. The number of unbranched alkanes of at least 4 members (excludes halogenated alkanes) is 29. The summed E-state index contributed by atoms with van der Waals surface area (Å²) < 4.78 is 5.46. The van der Waals surface area contributed by atoms with E-state index in [-0.39, 0.29) is 5.97 Å². The zero-order valence-electron chi connectivity index (χ0n) is 32.2. The number of hydrogen-bond acceptors (Lipinski definition) is 2. The molecular formula is C45H84O2. The lowest BCUT2D eigenvalue weighted by Crippen LogP contribution is -2.05. The van der Waals surface area contributed by atoms with Crippen LogP contribution in [0.2, 0.25) is 0 Å². The Labute approximate surface area is 296 Å². The van der Waals surface area contributed by atoms with Crippen molar-refractivity contribution in [3.63, 3.8) is 0 Å². The molecule has 0 unspecified atom stereocenters. The molecule has 0 aromatic heterocycles. The summed E-state index contributed by atoms with van der Waals surface area (Å²) in [4.78, 5) is 12.0. The van der Waals surface area contributed by atoms with E-state index in [4.69, 9.17) is 4.74 Å². The fourth-order valence-electron chi connectivity index (χ4n) is 6.39. The Hall–Kier alpha value is -1.31. The molecule has 276 valence electrons. The molecule has 0 amide bonds. The van der Waals surface area contributed by atoms with Gasteiger partial charge in [0.2, 0.25) is 0 Å². The standard InChI is InChI=1S/C45H84O2/c1-3-5-7-9-11-13-15-17-19-20-21-22-23-24-25-26-27-28-30-32-34-36-38-40-42-44-47-45(46)43-41-39-37-35-33-31-29-18-16-14-12-10-8-6-4-2/h6,8,12,14,18,29H,3-5,7,9-11,13,15-17,19-28,30-44H2,1-2H3/b8-6-,14-12-,29-18-. The SMILES string of the molecule is CC/C=C\C/C=C\C/C=C\CCCCCCCC(=O)OCCCCCCCCCCCCCCCCCCCCCCCCCCC. The van der Waals surface area contributed by atoms with Gasteiger partial charge < -0.3 is 4.74 Å². The van der Waals surface area contributed by atoms with Gasteiger partial charge in [-0.3, -0.25) is 4.79 Å².